The van der Waals surface area contributed by atoms with Crippen LogP contribution in [-0.4, -0.2) is 59.3 Å². The van der Waals surface area contributed by atoms with E-state index >= 15 is 0 Å². The lowest BCUT2D eigenvalue weighted by Crippen LogP contribution is -2.62. The van der Waals surface area contributed by atoms with Crippen LogP contribution in [0.15, 0.2) is 12.3 Å². The lowest BCUT2D eigenvalue weighted by molar-refractivity contribution is -0.216. The Morgan fingerprint density at radius 1 is 1.50 bits per heavy atom. The molecule has 2 fully saturated rings. The normalized spacial score (nSPS) is 23.2. The van der Waals surface area contributed by atoms with E-state index in [1.807, 2.05) is 0 Å². The maximum atomic E-state index is 12.8. The van der Waals surface area contributed by atoms with Crippen molar-refractivity contribution < 1.29 is 27.4 Å². The molecule has 1 aromatic rings. The number of hydrogen-bond acceptors (Lipinski definition) is 5. The highest BCUT2D eigenvalue weighted by Gasteiger charge is 2.50. The van der Waals surface area contributed by atoms with Crippen LogP contribution in [0.1, 0.15) is 30.8 Å². The van der Waals surface area contributed by atoms with E-state index in [0.717, 1.165) is 12.3 Å². The lowest BCUT2D eigenvalue weighted by Gasteiger charge is -2.41. The molecule has 0 radical (unpaired) electrons. The second kappa shape index (κ2) is 6.29. The summed E-state index contributed by atoms with van der Waals surface area (Å²) in [4.78, 5) is 21.8. The van der Waals surface area contributed by atoms with Gasteiger partial charge in [0.2, 0.25) is 0 Å². The van der Waals surface area contributed by atoms with E-state index in [1.54, 1.807) is 11.8 Å². The number of rotatable bonds is 4. The van der Waals surface area contributed by atoms with E-state index in [1.165, 1.54) is 0 Å². The summed E-state index contributed by atoms with van der Waals surface area (Å²) >= 11 is 0. The third kappa shape index (κ3) is 3.10. The molecule has 0 spiro atoms. The number of ether oxygens (including phenoxy) is 2. The molecule has 1 amide bonds. The van der Waals surface area contributed by atoms with E-state index in [-0.39, 0.29) is 37.4 Å². The molecule has 0 aromatic carbocycles. The third-order valence-electron chi connectivity index (χ3n) is 4.29. The molecule has 2 aliphatic rings. The van der Waals surface area contributed by atoms with Gasteiger partial charge < -0.3 is 14.4 Å². The molecule has 24 heavy (non-hydrogen) atoms. The summed E-state index contributed by atoms with van der Waals surface area (Å²) in [6.07, 6.45) is -2.87. The van der Waals surface area contributed by atoms with Crippen LogP contribution < -0.4 is 0 Å². The zero-order valence-corrected chi connectivity index (χ0v) is 13.2. The average molecular weight is 345 g/mol. The predicted octanol–water partition coefficient (Wildman–Crippen LogP) is 1.62. The standard InChI is InChI=1S/C15H18F3N3O3/c1-2-24-14(8-23-9-14)13(22)21-6-4-10(7-21)12-19-5-3-11(20-12)15(16,17)18/h3,5,10H,2,4,6-9H2,1H3. The van der Waals surface area contributed by atoms with Crippen LogP contribution in [0.5, 0.6) is 0 Å². The van der Waals surface area contributed by atoms with Gasteiger partial charge in [0.25, 0.3) is 5.91 Å². The van der Waals surface area contributed by atoms with Crippen LogP contribution >= 0.6 is 0 Å². The summed E-state index contributed by atoms with van der Waals surface area (Å²) in [6.45, 7) is 3.34. The van der Waals surface area contributed by atoms with Crippen LogP contribution in [0.4, 0.5) is 13.2 Å². The number of aromatic nitrogens is 2. The first kappa shape index (κ1) is 17.1. The summed E-state index contributed by atoms with van der Waals surface area (Å²) in [5.41, 5.74) is -1.91. The van der Waals surface area contributed by atoms with Crippen LogP contribution in [0.3, 0.4) is 0 Å². The van der Waals surface area contributed by atoms with Crippen molar-refractivity contribution in [1.29, 1.82) is 0 Å². The fraction of sp³-hybridized carbons (Fsp3) is 0.667. The van der Waals surface area contributed by atoms with E-state index < -0.39 is 17.5 Å². The number of amides is 1. The fourth-order valence-electron chi connectivity index (χ4n) is 3.00. The highest BCUT2D eigenvalue weighted by molar-refractivity contribution is 5.86. The first-order valence-corrected chi connectivity index (χ1v) is 7.77. The zero-order chi connectivity index (χ0) is 17.4. The van der Waals surface area contributed by atoms with Gasteiger partial charge in [-0.15, -0.1) is 0 Å². The number of carbonyl (C=O) groups excluding carboxylic acids is 1. The van der Waals surface area contributed by atoms with Crippen molar-refractivity contribution in [2.45, 2.75) is 31.0 Å². The van der Waals surface area contributed by atoms with Gasteiger partial charge in [-0.2, -0.15) is 13.2 Å². The number of carbonyl (C=O) groups is 1. The first-order chi connectivity index (χ1) is 11.4. The molecule has 0 saturated carbocycles. The van der Waals surface area contributed by atoms with E-state index in [4.69, 9.17) is 9.47 Å². The molecular weight excluding hydrogens is 327 g/mol. The number of nitrogens with zero attached hydrogens (tertiary/aromatic N) is 3. The molecule has 6 nitrogen and oxygen atoms in total. The van der Waals surface area contributed by atoms with Crippen molar-refractivity contribution in [2.75, 3.05) is 32.9 Å². The number of likely N-dealkylation sites (tertiary alicyclic amines) is 1. The van der Waals surface area contributed by atoms with Crippen LogP contribution in [0.2, 0.25) is 0 Å². The molecule has 1 atom stereocenters. The second-order valence-electron chi connectivity index (χ2n) is 5.95. The third-order valence-corrected chi connectivity index (χ3v) is 4.29. The minimum atomic E-state index is -4.51. The SMILES string of the molecule is CCOC1(C(=O)N2CCC(c3nccc(C(F)(F)F)n3)C2)COC1. The molecule has 0 bridgehead atoms. The van der Waals surface area contributed by atoms with Gasteiger partial charge in [-0.25, -0.2) is 9.97 Å². The van der Waals surface area contributed by atoms with E-state index in [2.05, 4.69) is 9.97 Å². The maximum absolute atomic E-state index is 12.8. The quantitative estimate of drug-likeness (QED) is 0.830. The zero-order valence-electron chi connectivity index (χ0n) is 13.2. The molecule has 0 N–H and O–H groups in total. The minimum Gasteiger partial charge on any atom is -0.374 e. The van der Waals surface area contributed by atoms with Gasteiger partial charge in [0.1, 0.15) is 11.5 Å². The van der Waals surface area contributed by atoms with E-state index in [9.17, 15) is 18.0 Å². The Kier molecular flexibility index (Phi) is 4.48. The molecule has 1 unspecified atom stereocenters. The fourth-order valence-corrected chi connectivity index (χ4v) is 3.00. The smallest absolute Gasteiger partial charge is 0.374 e. The van der Waals surface area contributed by atoms with Crippen LogP contribution in [0.25, 0.3) is 0 Å². The largest absolute Gasteiger partial charge is 0.433 e. The Morgan fingerprint density at radius 2 is 2.25 bits per heavy atom. The number of halogens is 3. The van der Waals surface area contributed by atoms with Gasteiger partial charge in [0.15, 0.2) is 5.60 Å². The maximum Gasteiger partial charge on any atom is 0.433 e. The molecular formula is C15H18F3N3O3. The van der Waals surface area contributed by atoms with Gasteiger partial charge in [-0.3, -0.25) is 4.79 Å². The van der Waals surface area contributed by atoms with Crippen LogP contribution in [0, 0.1) is 0 Å². The van der Waals surface area contributed by atoms with Crippen molar-refractivity contribution >= 4 is 5.91 Å². The molecule has 3 heterocycles. The van der Waals surface area contributed by atoms with E-state index in [0.29, 0.717) is 19.6 Å². The Hall–Kier alpha value is -1.74. The highest BCUT2D eigenvalue weighted by atomic mass is 19.4. The second-order valence-corrected chi connectivity index (χ2v) is 5.95. The Bertz CT molecular complexity index is 619. The van der Waals surface area contributed by atoms with Gasteiger partial charge in [0, 0.05) is 31.8 Å². The van der Waals surface area contributed by atoms with Crippen LogP contribution in [-0.2, 0) is 20.4 Å². The minimum absolute atomic E-state index is 0.121. The van der Waals surface area contributed by atoms with Gasteiger partial charge >= 0.3 is 6.18 Å². The van der Waals surface area contributed by atoms with Crippen molar-refractivity contribution in [2.24, 2.45) is 0 Å². The molecule has 2 saturated heterocycles. The van der Waals surface area contributed by atoms with Crippen molar-refractivity contribution in [3.05, 3.63) is 23.8 Å². The summed E-state index contributed by atoms with van der Waals surface area (Å²) in [5.74, 6) is -0.364. The topological polar surface area (TPSA) is 64.5 Å². The Labute approximate surface area is 137 Å². The highest BCUT2D eigenvalue weighted by Crippen LogP contribution is 2.32. The van der Waals surface area contributed by atoms with Crippen molar-refractivity contribution in [3.63, 3.8) is 0 Å². The van der Waals surface area contributed by atoms with Crippen molar-refractivity contribution in [3.8, 4) is 0 Å². The predicted molar refractivity (Wildman–Crippen MR) is 76.1 cm³/mol. The summed E-state index contributed by atoms with van der Waals surface area (Å²) < 4.78 is 49.0. The monoisotopic (exact) mass is 345 g/mol. The average Bonchev–Trinajstić information content (AvgIpc) is 2.99. The summed E-state index contributed by atoms with van der Waals surface area (Å²) in [6, 6.07) is 0.844. The van der Waals surface area contributed by atoms with Crippen molar-refractivity contribution in [1.82, 2.24) is 14.9 Å². The summed E-state index contributed by atoms with van der Waals surface area (Å²) in [5, 5.41) is 0. The van der Waals surface area contributed by atoms with Gasteiger partial charge in [-0.05, 0) is 19.4 Å². The molecule has 0 aliphatic carbocycles. The molecule has 132 valence electrons. The van der Waals surface area contributed by atoms with Gasteiger partial charge in [-0.1, -0.05) is 0 Å². The first-order valence-electron chi connectivity index (χ1n) is 7.77. The lowest BCUT2D eigenvalue weighted by atomic mass is 10.00. The Morgan fingerprint density at radius 3 is 2.83 bits per heavy atom. The molecule has 9 heteroatoms. The molecule has 2 aliphatic heterocycles. The number of alkyl halides is 3. The summed E-state index contributed by atoms with van der Waals surface area (Å²) in [7, 11) is 0. The molecule has 3 rings (SSSR count). The number of hydrogen-bond donors (Lipinski definition) is 0. The Balaban J connectivity index is 1.71. The van der Waals surface area contributed by atoms with Gasteiger partial charge in [0.05, 0.1) is 13.2 Å². The molecule has 1 aromatic heterocycles.